The van der Waals surface area contributed by atoms with Gasteiger partial charge in [0, 0.05) is 31.9 Å². The van der Waals surface area contributed by atoms with Crippen LogP contribution in [0.25, 0.3) is 0 Å². The lowest BCUT2D eigenvalue weighted by molar-refractivity contribution is -0.136. The fourth-order valence-electron chi connectivity index (χ4n) is 4.29. The summed E-state index contributed by atoms with van der Waals surface area (Å²) < 4.78 is 0. The second-order valence-corrected chi connectivity index (χ2v) is 8.32. The lowest BCUT2D eigenvalue weighted by atomic mass is 10.0. The number of rotatable bonds is 5. The summed E-state index contributed by atoms with van der Waals surface area (Å²) in [6.45, 7) is 6.62. The number of piperazine rings is 1. The van der Waals surface area contributed by atoms with Crippen molar-refractivity contribution in [3.8, 4) is 0 Å². The van der Waals surface area contributed by atoms with E-state index in [1.165, 1.54) is 4.90 Å². The standard InChI is InChI=1S/C24H27N3O3/c1-17(2)16-21(27-22(28)19-10-6-7-11-20(19)23(27)29)24(30)26-14-12-25(13-15-26)18-8-4-3-5-9-18/h3-11,17,21H,12-16H2,1-2H3/t21-/m1/s1. The number of amides is 3. The van der Waals surface area contributed by atoms with Crippen molar-refractivity contribution in [3.05, 3.63) is 65.7 Å². The van der Waals surface area contributed by atoms with E-state index >= 15 is 0 Å². The van der Waals surface area contributed by atoms with Crippen LogP contribution in [0.5, 0.6) is 0 Å². The van der Waals surface area contributed by atoms with Crippen molar-refractivity contribution in [2.24, 2.45) is 5.92 Å². The van der Waals surface area contributed by atoms with E-state index in [0.717, 1.165) is 18.8 Å². The zero-order valence-corrected chi connectivity index (χ0v) is 17.5. The lowest BCUT2D eigenvalue weighted by Gasteiger charge is -2.39. The molecule has 2 heterocycles. The lowest BCUT2D eigenvalue weighted by Crippen LogP contribution is -2.56. The average molecular weight is 405 g/mol. The maximum atomic E-state index is 13.5. The van der Waals surface area contributed by atoms with Gasteiger partial charge >= 0.3 is 0 Å². The van der Waals surface area contributed by atoms with Gasteiger partial charge in [-0.2, -0.15) is 0 Å². The second kappa shape index (κ2) is 8.30. The molecule has 4 rings (SSSR count). The van der Waals surface area contributed by atoms with Gasteiger partial charge in [0.25, 0.3) is 11.8 Å². The van der Waals surface area contributed by atoms with E-state index in [9.17, 15) is 14.4 Å². The summed E-state index contributed by atoms with van der Waals surface area (Å²) in [7, 11) is 0. The largest absolute Gasteiger partial charge is 0.368 e. The van der Waals surface area contributed by atoms with Crippen LogP contribution >= 0.6 is 0 Å². The first kappa shape index (κ1) is 20.1. The Morgan fingerprint density at radius 2 is 1.37 bits per heavy atom. The molecule has 156 valence electrons. The van der Waals surface area contributed by atoms with Gasteiger partial charge in [-0.1, -0.05) is 44.2 Å². The van der Waals surface area contributed by atoms with Crippen LogP contribution in [0.4, 0.5) is 5.69 Å². The van der Waals surface area contributed by atoms with E-state index in [1.807, 2.05) is 32.0 Å². The van der Waals surface area contributed by atoms with Crippen LogP contribution in [0.1, 0.15) is 41.0 Å². The van der Waals surface area contributed by atoms with E-state index in [0.29, 0.717) is 30.6 Å². The van der Waals surface area contributed by atoms with Gasteiger partial charge in [0.05, 0.1) is 11.1 Å². The Morgan fingerprint density at radius 3 is 1.90 bits per heavy atom. The van der Waals surface area contributed by atoms with Crippen molar-refractivity contribution in [2.45, 2.75) is 26.3 Å². The van der Waals surface area contributed by atoms with Gasteiger partial charge in [-0.15, -0.1) is 0 Å². The maximum Gasteiger partial charge on any atom is 0.262 e. The van der Waals surface area contributed by atoms with E-state index in [4.69, 9.17) is 0 Å². The van der Waals surface area contributed by atoms with Gasteiger partial charge in [-0.3, -0.25) is 19.3 Å². The molecule has 0 bridgehead atoms. The highest BCUT2D eigenvalue weighted by molar-refractivity contribution is 6.22. The number of anilines is 1. The molecule has 3 amide bonds. The molecule has 0 aliphatic carbocycles. The van der Waals surface area contributed by atoms with Crippen molar-refractivity contribution in [2.75, 3.05) is 31.1 Å². The maximum absolute atomic E-state index is 13.5. The normalized spacial score (nSPS) is 17.5. The molecule has 0 aromatic heterocycles. The van der Waals surface area contributed by atoms with Crippen LogP contribution in [0, 0.1) is 5.92 Å². The molecule has 1 atom stereocenters. The third-order valence-corrected chi connectivity index (χ3v) is 5.83. The number of imide groups is 1. The fourth-order valence-corrected chi connectivity index (χ4v) is 4.29. The van der Waals surface area contributed by atoms with Crippen LogP contribution in [-0.2, 0) is 4.79 Å². The minimum absolute atomic E-state index is 0.133. The summed E-state index contributed by atoms with van der Waals surface area (Å²) in [6, 6.07) is 16.2. The van der Waals surface area contributed by atoms with E-state index < -0.39 is 6.04 Å². The number of hydrogen-bond acceptors (Lipinski definition) is 4. The molecule has 0 radical (unpaired) electrons. The number of benzene rings is 2. The summed E-state index contributed by atoms with van der Waals surface area (Å²) in [4.78, 5) is 44.7. The van der Waals surface area contributed by atoms with Crippen LogP contribution in [0.15, 0.2) is 54.6 Å². The molecule has 2 aliphatic rings. The molecule has 0 spiro atoms. The van der Waals surface area contributed by atoms with Gasteiger partial charge < -0.3 is 9.80 Å². The quantitative estimate of drug-likeness (QED) is 0.718. The summed E-state index contributed by atoms with van der Waals surface area (Å²) in [6.07, 6.45) is 0.462. The highest BCUT2D eigenvalue weighted by Gasteiger charge is 2.44. The highest BCUT2D eigenvalue weighted by Crippen LogP contribution is 2.28. The monoisotopic (exact) mass is 405 g/mol. The molecule has 1 fully saturated rings. The van der Waals surface area contributed by atoms with Crippen LogP contribution < -0.4 is 4.90 Å². The Balaban J connectivity index is 1.52. The Labute approximate surface area is 177 Å². The molecule has 0 saturated carbocycles. The fraction of sp³-hybridized carbons (Fsp3) is 0.375. The van der Waals surface area contributed by atoms with Crippen LogP contribution in [-0.4, -0.2) is 59.7 Å². The second-order valence-electron chi connectivity index (χ2n) is 8.32. The van der Waals surface area contributed by atoms with Crippen molar-refractivity contribution >= 4 is 23.4 Å². The average Bonchev–Trinajstić information content (AvgIpc) is 3.02. The minimum atomic E-state index is -0.763. The predicted molar refractivity (Wildman–Crippen MR) is 115 cm³/mol. The number of carbonyl (C=O) groups excluding carboxylic acids is 3. The van der Waals surface area contributed by atoms with Crippen molar-refractivity contribution in [1.82, 2.24) is 9.80 Å². The summed E-state index contributed by atoms with van der Waals surface area (Å²) in [5, 5.41) is 0. The highest BCUT2D eigenvalue weighted by atomic mass is 16.2. The van der Waals surface area contributed by atoms with Crippen LogP contribution in [0.2, 0.25) is 0 Å². The van der Waals surface area contributed by atoms with Crippen molar-refractivity contribution < 1.29 is 14.4 Å². The SMILES string of the molecule is CC(C)C[C@H](C(=O)N1CCN(c2ccccc2)CC1)N1C(=O)c2ccccc2C1=O. The minimum Gasteiger partial charge on any atom is -0.368 e. The molecule has 1 saturated heterocycles. The first-order chi connectivity index (χ1) is 14.5. The Morgan fingerprint density at radius 1 is 0.833 bits per heavy atom. The summed E-state index contributed by atoms with van der Waals surface area (Å²) >= 11 is 0. The molecular formula is C24H27N3O3. The molecule has 30 heavy (non-hydrogen) atoms. The molecule has 6 nitrogen and oxygen atoms in total. The van der Waals surface area contributed by atoms with Gasteiger partial charge in [-0.05, 0) is 36.6 Å². The smallest absolute Gasteiger partial charge is 0.262 e. The Hall–Kier alpha value is -3.15. The number of fused-ring (bicyclic) bond motifs is 1. The number of para-hydroxylation sites is 1. The topological polar surface area (TPSA) is 60.9 Å². The first-order valence-electron chi connectivity index (χ1n) is 10.5. The molecular weight excluding hydrogens is 378 g/mol. The predicted octanol–water partition coefficient (Wildman–Crippen LogP) is 3.05. The third kappa shape index (κ3) is 3.70. The molecule has 0 N–H and O–H groups in total. The number of hydrogen-bond donors (Lipinski definition) is 0. The summed E-state index contributed by atoms with van der Waals surface area (Å²) in [5.74, 6) is -0.685. The molecule has 2 aromatic carbocycles. The van der Waals surface area contributed by atoms with Gasteiger partial charge in [0.2, 0.25) is 5.91 Å². The summed E-state index contributed by atoms with van der Waals surface area (Å²) in [5.41, 5.74) is 1.92. The molecule has 0 unspecified atom stereocenters. The van der Waals surface area contributed by atoms with E-state index in [2.05, 4.69) is 17.0 Å². The number of carbonyl (C=O) groups is 3. The van der Waals surface area contributed by atoms with Gasteiger partial charge in [0.1, 0.15) is 6.04 Å². The van der Waals surface area contributed by atoms with Gasteiger partial charge in [-0.25, -0.2) is 0 Å². The first-order valence-corrected chi connectivity index (χ1v) is 10.5. The Kier molecular flexibility index (Phi) is 5.57. The van der Waals surface area contributed by atoms with Crippen molar-refractivity contribution in [1.29, 1.82) is 0 Å². The van der Waals surface area contributed by atoms with E-state index in [1.54, 1.807) is 29.2 Å². The number of nitrogens with zero attached hydrogens (tertiary/aromatic N) is 3. The molecule has 2 aromatic rings. The van der Waals surface area contributed by atoms with Gasteiger partial charge in [0.15, 0.2) is 0 Å². The van der Waals surface area contributed by atoms with Crippen LogP contribution in [0.3, 0.4) is 0 Å². The zero-order valence-electron chi connectivity index (χ0n) is 17.5. The molecule has 6 heteroatoms. The Bertz CT molecular complexity index is 914. The zero-order chi connectivity index (χ0) is 21.3. The van der Waals surface area contributed by atoms with Crippen molar-refractivity contribution in [3.63, 3.8) is 0 Å². The molecule has 2 aliphatic heterocycles. The third-order valence-electron chi connectivity index (χ3n) is 5.83. The van der Waals surface area contributed by atoms with E-state index in [-0.39, 0.29) is 23.6 Å².